The van der Waals surface area contributed by atoms with Crippen LogP contribution in [0.1, 0.15) is 0 Å². The Labute approximate surface area is 159 Å². The summed E-state index contributed by atoms with van der Waals surface area (Å²) < 4.78 is 5.79. The molecule has 0 atom stereocenters. The van der Waals surface area contributed by atoms with Crippen LogP contribution in [0.25, 0.3) is 22.2 Å². The molecule has 4 aromatic rings. The molecule has 0 aliphatic carbocycles. The topological polar surface area (TPSA) is 93.9 Å². The normalized spacial score (nSPS) is 10.9. The fourth-order valence-electron chi connectivity index (χ4n) is 2.72. The van der Waals surface area contributed by atoms with Crippen molar-refractivity contribution in [1.29, 1.82) is 0 Å². The largest absolute Gasteiger partial charge is 0.457 e. The number of hydrogen-bond donors (Lipinski definition) is 2. The van der Waals surface area contributed by atoms with Crippen LogP contribution >= 0.6 is 11.8 Å². The number of H-pyrrole nitrogens is 1. The highest BCUT2D eigenvalue weighted by Gasteiger charge is 2.11. The molecule has 3 N–H and O–H groups in total. The standard InChI is InChI=1S/C20H16N4O2S/c1-27-20-22-17(21)16-11-15(19(25)23-18(16)24-20)12-7-9-14(10-8-12)26-13-5-3-2-4-6-13/h2-11H,1H3,(H3,21,22,23,24,25). The van der Waals surface area contributed by atoms with Crippen LogP contribution in [-0.4, -0.2) is 21.2 Å². The van der Waals surface area contributed by atoms with Gasteiger partial charge in [0, 0.05) is 5.56 Å². The summed E-state index contributed by atoms with van der Waals surface area (Å²) in [4.78, 5) is 23.9. The molecule has 4 rings (SSSR count). The Hall–Kier alpha value is -3.32. The Morgan fingerprint density at radius 2 is 1.70 bits per heavy atom. The predicted molar refractivity (Wildman–Crippen MR) is 108 cm³/mol. The van der Waals surface area contributed by atoms with Crippen molar-refractivity contribution < 1.29 is 4.74 Å². The molecule has 0 spiro atoms. The highest BCUT2D eigenvalue weighted by Crippen LogP contribution is 2.27. The van der Waals surface area contributed by atoms with Gasteiger partial charge in [-0.3, -0.25) is 4.79 Å². The van der Waals surface area contributed by atoms with Gasteiger partial charge in [-0.15, -0.1) is 0 Å². The fourth-order valence-corrected chi connectivity index (χ4v) is 3.09. The molecule has 7 heteroatoms. The summed E-state index contributed by atoms with van der Waals surface area (Å²) >= 11 is 1.37. The molecular weight excluding hydrogens is 360 g/mol. The number of pyridine rings is 1. The molecule has 0 unspecified atom stereocenters. The maximum Gasteiger partial charge on any atom is 0.257 e. The van der Waals surface area contributed by atoms with E-state index in [1.807, 2.05) is 60.9 Å². The van der Waals surface area contributed by atoms with Gasteiger partial charge in [0.2, 0.25) is 0 Å². The number of para-hydroxylation sites is 1. The molecule has 0 amide bonds. The second kappa shape index (κ2) is 7.13. The molecule has 2 aromatic carbocycles. The van der Waals surface area contributed by atoms with Gasteiger partial charge in [0.05, 0.1) is 5.39 Å². The van der Waals surface area contributed by atoms with E-state index in [2.05, 4.69) is 15.0 Å². The van der Waals surface area contributed by atoms with E-state index in [1.54, 1.807) is 6.07 Å². The van der Waals surface area contributed by atoms with E-state index in [0.29, 0.717) is 33.3 Å². The van der Waals surface area contributed by atoms with Gasteiger partial charge in [0.25, 0.3) is 5.56 Å². The molecule has 0 saturated heterocycles. The number of rotatable bonds is 4. The summed E-state index contributed by atoms with van der Waals surface area (Å²) in [6.45, 7) is 0. The lowest BCUT2D eigenvalue weighted by atomic mass is 10.1. The van der Waals surface area contributed by atoms with E-state index >= 15 is 0 Å². The van der Waals surface area contributed by atoms with E-state index in [9.17, 15) is 4.79 Å². The summed E-state index contributed by atoms with van der Waals surface area (Å²) in [6, 6.07) is 18.6. The zero-order valence-corrected chi connectivity index (χ0v) is 15.3. The van der Waals surface area contributed by atoms with Gasteiger partial charge in [0.1, 0.15) is 23.0 Å². The lowest BCUT2D eigenvalue weighted by molar-refractivity contribution is 0.483. The van der Waals surface area contributed by atoms with Gasteiger partial charge in [-0.05, 0) is 42.2 Å². The molecule has 0 saturated carbocycles. The monoisotopic (exact) mass is 376 g/mol. The first kappa shape index (κ1) is 17.1. The highest BCUT2D eigenvalue weighted by molar-refractivity contribution is 7.98. The summed E-state index contributed by atoms with van der Waals surface area (Å²) in [7, 11) is 0. The lowest BCUT2D eigenvalue weighted by Gasteiger charge is -2.08. The van der Waals surface area contributed by atoms with Crippen molar-refractivity contribution >= 4 is 28.6 Å². The molecule has 134 valence electrons. The van der Waals surface area contributed by atoms with Crippen molar-refractivity contribution in [2.45, 2.75) is 5.16 Å². The summed E-state index contributed by atoms with van der Waals surface area (Å²) in [5.41, 5.74) is 7.49. The number of nitrogen functional groups attached to an aromatic ring is 1. The first-order valence-corrected chi connectivity index (χ1v) is 9.44. The third kappa shape index (κ3) is 3.50. The minimum absolute atomic E-state index is 0.232. The number of thioether (sulfide) groups is 1. The molecule has 2 heterocycles. The van der Waals surface area contributed by atoms with Gasteiger partial charge in [-0.1, -0.05) is 42.1 Å². The van der Waals surface area contributed by atoms with Crippen molar-refractivity contribution in [3.05, 3.63) is 71.0 Å². The summed E-state index contributed by atoms with van der Waals surface area (Å²) in [5, 5.41) is 1.14. The van der Waals surface area contributed by atoms with Gasteiger partial charge in [0.15, 0.2) is 5.16 Å². The molecule has 0 fully saturated rings. The fraction of sp³-hybridized carbons (Fsp3) is 0.0500. The Balaban J connectivity index is 1.70. The van der Waals surface area contributed by atoms with Crippen molar-refractivity contribution in [1.82, 2.24) is 15.0 Å². The van der Waals surface area contributed by atoms with Crippen LogP contribution < -0.4 is 16.0 Å². The number of benzene rings is 2. The number of hydrogen-bond acceptors (Lipinski definition) is 6. The molecule has 0 radical (unpaired) electrons. The number of nitrogens with one attached hydrogen (secondary N) is 1. The van der Waals surface area contributed by atoms with Crippen molar-refractivity contribution in [3.63, 3.8) is 0 Å². The third-order valence-corrected chi connectivity index (χ3v) is 4.59. The van der Waals surface area contributed by atoms with E-state index in [1.165, 1.54) is 11.8 Å². The molecule has 2 aromatic heterocycles. The first-order chi connectivity index (χ1) is 13.1. The first-order valence-electron chi connectivity index (χ1n) is 8.22. The number of nitrogens with two attached hydrogens (primary N) is 1. The molecule has 0 bridgehead atoms. The van der Waals surface area contributed by atoms with Crippen molar-refractivity contribution in [3.8, 4) is 22.6 Å². The lowest BCUT2D eigenvalue weighted by Crippen LogP contribution is -2.11. The maximum absolute atomic E-state index is 12.5. The molecule has 0 aliphatic heterocycles. The third-order valence-electron chi connectivity index (χ3n) is 4.05. The minimum atomic E-state index is -0.232. The molecule has 27 heavy (non-hydrogen) atoms. The smallest absolute Gasteiger partial charge is 0.257 e. The van der Waals surface area contributed by atoms with E-state index in [4.69, 9.17) is 10.5 Å². The number of anilines is 1. The van der Waals surface area contributed by atoms with Crippen LogP contribution in [0.3, 0.4) is 0 Å². The Kier molecular flexibility index (Phi) is 4.52. The molecular formula is C20H16N4O2S. The molecule has 6 nitrogen and oxygen atoms in total. The van der Waals surface area contributed by atoms with E-state index in [-0.39, 0.29) is 5.56 Å². The van der Waals surface area contributed by atoms with Crippen LogP contribution in [0.2, 0.25) is 0 Å². The Bertz CT molecular complexity index is 1160. The average molecular weight is 376 g/mol. The zero-order chi connectivity index (χ0) is 18.8. The van der Waals surface area contributed by atoms with Crippen LogP contribution in [0.4, 0.5) is 5.82 Å². The Morgan fingerprint density at radius 3 is 2.41 bits per heavy atom. The second-order valence-electron chi connectivity index (χ2n) is 5.81. The van der Waals surface area contributed by atoms with Gasteiger partial charge < -0.3 is 15.5 Å². The van der Waals surface area contributed by atoms with E-state index in [0.717, 1.165) is 11.3 Å². The van der Waals surface area contributed by atoms with Crippen LogP contribution in [0, 0.1) is 0 Å². The zero-order valence-electron chi connectivity index (χ0n) is 14.5. The second-order valence-corrected chi connectivity index (χ2v) is 6.58. The van der Waals surface area contributed by atoms with Gasteiger partial charge in [-0.25, -0.2) is 9.97 Å². The number of ether oxygens (including phenoxy) is 1. The van der Waals surface area contributed by atoms with Crippen LogP contribution in [0.5, 0.6) is 11.5 Å². The summed E-state index contributed by atoms with van der Waals surface area (Å²) in [5.74, 6) is 1.78. The average Bonchev–Trinajstić information content (AvgIpc) is 2.69. The SMILES string of the molecule is CSc1nc(N)c2cc(-c3ccc(Oc4ccccc4)cc3)c(=O)[nH]c2n1. The maximum atomic E-state index is 12.5. The highest BCUT2D eigenvalue weighted by atomic mass is 32.2. The van der Waals surface area contributed by atoms with Gasteiger partial charge >= 0.3 is 0 Å². The number of nitrogens with zero attached hydrogens (tertiary/aromatic N) is 2. The minimum Gasteiger partial charge on any atom is -0.457 e. The summed E-state index contributed by atoms with van der Waals surface area (Å²) in [6.07, 6.45) is 1.85. The van der Waals surface area contributed by atoms with E-state index < -0.39 is 0 Å². The van der Waals surface area contributed by atoms with Crippen LogP contribution in [0.15, 0.2) is 70.6 Å². The predicted octanol–water partition coefficient (Wildman–Crippen LogP) is 4.08. The number of aromatic nitrogens is 3. The van der Waals surface area contributed by atoms with Gasteiger partial charge in [-0.2, -0.15) is 0 Å². The quantitative estimate of drug-likeness (QED) is 0.412. The van der Waals surface area contributed by atoms with Crippen molar-refractivity contribution in [2.75, 3.05) is 12.0 Å². The number of aromatic amines is 1. The Morgan fingerprint density at radius 1 is 1.00 bits per heavy atom. The molecule has 0 aliphatic rings. The van der Waals surface area contributed by atoms with Crippen LogP contribution in [-0.2, 0) is 0 Å². The number of fused-ring (bicyclic) bond motifs is 1. The van der Waals surface area contributed by atoms with Crippen molar-refractivity contribution in [2.24, 2.45) is 0 Å².